The summed E-state index contributed by atoms with van der Waals surface area (Å²) in [5.41, 5.74) is 0. The third-order valence-electron chi connectivity index (χ3n) is 4.85. The van der Waals surface area contributed by atoms with E-state index in [0.29, 0.717) is 16.2 Å². The Morgan fingerprint density at radius 3 is 2.60 bits per heavy atom. The van der Waals surface area contributed by atoms with Crippen molar-refractivity contribution in [1.29, 1.82) is 0 Å². The smallest absolute Gasteiger partial charge is 0.369 e. The first-order valence-electron chi connectivity index (χ1n) is 8.11. The molecular formula is C15H19BrF3N3O2S. The summed E-state index contributed by atoms with van der Waals surface area (Å²) in [7, 11) is -4.26. The van der Waals surface area contributed by atoms with Gasteiger partial charge in [-0.05, 0) is 46.2 Å². The molecule has 0 radical (unpaired) electrons. The summed E-state index contributed by atoms with van der Waals surface area (Å²) in [6.45, 7) is -0.845. The third-order valence-corrected chi connectivity index (χ3v) is 6.83. The second kappa shape index (κ2) is 7.03. The second-order valence-electron chi connectivity index (χ2n) is 6.67. The minimum absolute atomic E-state index is 0.312. The van der Waals surface area contributed by atoms with Crippen LogP contribution in [0.3, 0.4) is 0 Å². The molecule has 0 aromatic carbocycles. The van der Waals surface area contributed by atoms with Crippen LogP contribution >= 0.6 is 15.9 Å². The molecule has 1 aromatic rings. The number of hydrogen-bond acceptors (Lipinski definition) is 4. The van der Waals surface area contributed by atoms with Crippen LogP contribution in [0.5, 0.6) is 0 Å². The quantitative estimate of drug-likeness (QED) is 0.678. The van der Waals surface area contributed by atoms with Gasteiger partial charge in [-0.15, -0.1) is 0 Å². The Hall–Kier alpha value is -0.870. The largest absolute Gasteiger partial charge is 0.402 e. The SMILES string of the molecule is O=S(=O)(NCC(F)(F)F)c1cnc(NCC2CC2C2CCC2)c(Br)c1. The molecule has 0 bridgehead atoms. The standard InChI is InChI=1S/C15H19BrF3N3O2S/c16-13-5-11(25(23,24)22-8-15(17,18)19)7-21-14(13)20-6-10-4-12(10)9-2-1-3-9/h5,7,9-10,12,22H,1-4,6,8H2,(H,20,21). The molecule has 0 spiro atoms. The summed E-state index contributed by atoms with van der Waals surface area (Å²) in [5, 5.41) is 3.19. The van der Waals surface area contributed by atoms with Gasteiger partial charge in [0, 0.05) is 12.7 Å². The minimum atomic E-state index is -4.61. The van der Waals surface area contributed by atoms with E-state index in [1.807, 2.05) is 0 Å². The number of nitrogens with one attached hydrogen (secondary N) is 2. The van der Waals surface area contributed by atoms with E-state index in [9.17, 15) is 21.6 Å². The highest BCUT2D eigenvalue weighted by molar-refractivity contribution is 9.10. The molecule has 2 aliphatic rings. The number of nitrogens with zero attached hydrogens (tertiary/aromatic N) is 1. The Labute approximate surface area is 153 Å². The number of pyridine rings is 1. The van der Waals surface area contributed by atoms with Crippen LogP contribution in [0.15, 0.2) is 21.6 Å². The van der Waals surface area contributed by atoms with Crippen molar-refractivity contribution in [3.63, 3.8) is 0 Å². The normalized spacial score (nSPS) is 24.0. The zero-order valence-electron chi connectivity index (χ0n) is 13.3. The third kappa shape index (κ3) is 4.85. The van der Waals surface area contributed by atoms with Gasteiger partial charge < -0.3 is 5.32 Å². The molecule has 0 amide bonds. The molecule has 25 heavy (non-hydrogen) atoms. The van der Waals surface area contributed by atoms with Crippen molar-refractivity contribution in [2.45, 2.75) is 36.8 Å². The lowest BCUT2D eigenvalue weighted by Crippen LogP contribution is -2.33. The first-order valence-corrected chi connectivity index (χ1v) is 10.4. The average Bonchev–Trinajstić information content (AvgIpc) is 3.20. The molecule has 0 aliphatic heterocycles. The Bertz CT molecular complexity index is 738. The first kappa shape index (κ1) is 18.9. The minimum Gasteiger partial charge on any atom is -0.369 e. The number of halogens is 4. The Kier molecular flexibility index (Phi) is 5.32. The van der Waals surface area contributed by atoms with Crippen molar-refractivity contribution in [2.75, 3.05) is 18.4 Å². The van der Waals surface area contributed by atoms with Crippen molar-refractivity contribution < 1.29 is 21.6 Å². The number of hydrogen-bond donors (Lipinski definition) is 2. The van der Waals surface area contributed by atoms with Crippen LogP contribution in [0, 0.1) is 17.8 Å². The summed E-state index contributed by atoms with van der Waals surface area (Å²) in [5.74, 6) is 2.76. The van der Waals surface area contributed by atoms with Gasteiger partial charge >= 0.3 is 6.18 Å². The van der Waals surface area contributed by atoms with Crippen molar-refractivity contribution in [3.05, 3.63) is 16.7 Å². The molecule has 2 N–H and O–H groups in total. The number of aromatic nitrogens is 1. The van der Waals surface area contributed by atoms with E-state index in [1.165, 1.54) is 36.5 Å². The average molecular weight is 442 g/mol. The maximum atomic E-state index is 12.2. The van der Waals surface area contributed by atoms with E-state index in [1.54, 1.807) is 0 Å². The zero-order valence-corrected chi connectivity index (χ0v) is 15.7. The molecule has 2 atom stereocenters. The Balaban J connectivity index is 1.57. The molecule has 2 aliphatic carbocycles. The van der Waals surface area contributed by atoms with Crippen LogP contribution in [-0.4, -0.2) is 32.7 Å². The maximum Gasteiger partial charge on any atom is 0.402 e. The molecule has 5 nitrogen and oxygen atoms in total. The van der Waals surface area contributed by atoms with Crippen LogP contribution < -0.4 is 10.0 Å². The molecule has 3 rings (SSSR count). The lowest BCUT2D eigenvalue weighted by atomic mass is 9.81. The molecule has 1 aromatic heterocycles. The van der Waals surface area contributed by atoms with E-state index in [0.717, 1.165) is 24.6 Å². The topological polar surface area (TPSA) is 71.1 Å². The lowest BCUT2D eigenvalue weighted by Gasteiger charge is -2.25. The number of sulfonamides is 1. The second-order valence-corrected chi connectivity index (χ2v) is 9.29. The summed E-state index contributed by atoms with van der Waals surface area (Å²) in [6, 6.07) is 1.25. The molecule has 1 heterocycles. The highest BCUT2D eigenvalue weighted by Crippen LogP contribution is 2.51. The molecule has 2 fully saturated rings. The number of anilines is 1. The summed E-state index contributed by atoms with van der Waals surface area (Å²) in [4.78, 5) is 3.72. The first-order chi connectivity index (χ1) is 11.7. The van der Waals surface area contributed by atoms with Gasteiger partial charge in [-0.25, -0.2) is 18.1 Å². The van der Waals surface area contributed by atoms with Crippen LogP contribution in [0.2, 0.25) is 0 Å². The summed E-state index contributed by atoms with van der Waals surface area (Å²) in [6.07, 6.45) is 1.62. The molecule has 2 unspecified atom stereocenters. The Morgan fingerprint density at radius 1 is 1.32 bits per heavy atom. The van der Waals surface area contributed by atoms with Gasteiger partial charge in [0.15, 0.2) is 0 Å². The molecular weight excluding hydrogens is 423 g/mol. The van der Waals surface area contributed by atoms with E-state index in [4.69, 9.17) is 0 Å². The van der Waals surface area contributed by atoms with Crippen LogP contribution in [0.4, 0.5) is 19.0 Å². The van der Waals surface area contributed by atoms with Gasteiger partial charge in [0.2, 0.25) is 10.0 Å². The van der Waals surface area contributed by atoms with E-state index in [-0.39, 0.29) is 4.90 Å². The summed E-state index contributed by atoms with van der Waals surface area (Å²) >= 11 is 3.23. The van der Waals surface area contributed by atoms with Gasteiger partial charge in [0.25, 0.3) is 0 Å². The van der Waals surface area contributed by atoms with Crippen molar-refractivity contribution >= 4 is 31.8 Å². The van der Waals surface area contributed by atoms with E-state index >= 15 is 0 Å². The fourth-order valence-corrected chi connectivity index (χ4v) is 4.76. The number of rotatable bonds is 7. The van der Waals surface area contributed by atoms with Crippen molar-refractivity contribution in [3.8, 4) is 0 Å². The predicted octanol–water partition coefficient (Wildman–Crippen LogP) is 3.53. The lowest BCUT2D eigenvalue weighted by molar-refractivity contribution is -0.121. The molecule has 140 valence electrons. The monoisotopic (exact) mass is 441 g/mol. The maximum absolute atomic E-state index is 12.2. The van der Waals surface area contributed by atoms with E-state index in [2.05, 4.69) is 26.2 Å². The van der Waals surface area contributed by atoms with Crippen LogP contribution in [-0.2, 0) is 10.0 Å². The zero-order chi connectivity index (χ0) is 18.2. The fourth-order valence-electron chi connectivity index (χ4n) is 3.14. The molecule has 2 saturated carbocycles. The van der Waals surface area contributed by atoms with Gasteiger partial charge in [0.05, 0.1) is 4.47 Å². The molecule has 10 heteroatoms. The van der Waals surface area contributed by atoms with E-state index < -0.39 is 22.7 Å². The predicted molar refractivity (Wildman–Crippen MR) is 90.6 cm³/mol. The fraction of sp³-hybridized carbons (Fsp3) is 0.667. The summed E-state index contributed by atoms with van der Waals surface area (Å²) < 4.78 is 62.2. The van der Waals surface area contributed by atoms with Gasteiger partial charge in [-0.1, -0.05) is 19.3 Å². The molecule has 0 saturated heterocycles. The van der Waals surface area contributed by atoms with Crippen molar-refractivity contribution in [1.82, 2.24) is 9.71 Å². The van der Waals surface area contributed by atoms with Gasteiger partial charge in [-0.2, -0.15) is 13.2 Å². The van der Waals surface area contributed by atoms with Crippen molar-refractivity contribution in [2.24, 2.45) is 17.8 Å². The number of alkyl halides is 3. The van der Waals surface area contributed by atoms with Gasteiger partial charge in [0.1, 0.15) is 17.3 Å². The van der Waals surface area contributed by atoms with Gasteiger partial charge in [-0.3, -0.25) is 0 Å². The highest BCUT2D eigenvalue weighted by atomic mass is 79.9. The van der Waals surface area contributed by atoms with Crippen LogP contribution in [0.25, 0.3) is 0 Å². The highest BCUT2D eigenvalue weighted by Gasteiger charge is 2.44. The van der Waals surface area contributed by atoms with Crippen LogP contribution in [0.1, 0.15) is 25.7 Å². The Morgan fingerprint density at radius 2 is 2.04 bits per heavy atom.